The van der Waals surface area contributed by atoms with Crippen molar-refractivity contribution in [1.29, 1.82) is 0 Å². The van der Waals surface area contributed by atoms with Crippen molar-refractivity contribution in [3.63, 3.8) is 0 Å². The van der Waals surface area contributed by atoms with E-state index in [4.69, 9.17) is 5.10 Å². The highest BCUT2D eigenvalue weighted by Gasteiger charge is 2.29. The number of hydrogen-bond donors (Lipinski definition) is 1. The van der Waals surface area contributed by atoms with Crippen LogP contribution in [0.2, 0.25) is 0 Å². The van der Waals surface area contributed by atoms with E-state index in [0.717, 1.165) is 44.2 Å². The van der Waals surface area contributed by atoms with Gasteiger partial charge in [-0.2, -0.15) is 5.10 Å². The summed E-state index contributed by atoms with van der Waals surface area (Å²) in [7, 11) is 2.01. The van der Waals surface area contributed by atoms with E-state index in [1.54, 1.807) is 0 Å². The number of rotatable bonds is 7. The minimum absolute atomic E-state index is 0.280. The zero-order valence-electron chi connectivity index (χ0n) is 17.8. The Morgan fingerprint density at radius 3 is 2.62 bits per heavy atom. The van der Waals surface area contributed by atoms with Crippen LogP contribution in [-0.2, 0) is 13.6 Å². The fourth-order valence-electron chi connectivity index (χ4n) is 5.20. The number of aryl methyl sites for hydroxylation is 1. The summed E-state index contributed by atoms with van der Waals surface area (Å²) < 4.78 is 1.93. The van der Waals surface area contributed by atoms with Crippen molar-refractivity contribution in [1.82, 2.24) is 19.6 Å². The first kappa shape index (κ1) is 20.6. The van der Waals surface area contributed by atoms with Crippen molar-refractivity contribution >= 4 is 0 Å². The fraction of sp³-hybridized carbons (Fsp3) is 0.625. The molecule has 5 nitrogen and oxygen atoms in total. The maximum absolute atomic E-state index is 9.66. The van der Waals surface area contributed by atoms with Gasteiger partial charge in [0.25, 0.3) is 0 Å². The van der Waals surface area contributed by atoms with Gasteiger partial charge in [0.15, 0.2) is 0 Å². The topological polar surface area (TPSA) is 44.5 Å². The lowest BCUT2D eigenvalue weighted by Crippen LogP contribution is -2.54. The molecule has 1 aliphatic carbocycles. The molecule has 29 heavy (non-hydrogen) atoms. The predicted molar refractivity (Wildman–Crippen MR) is 118 cm³/mol. The second kappa shape index (κ2) is 9.88. The Balaban J connectivity index is 1.42. The van der Waals surface area contributed by atoms with E-state index in [9.17, 15) is 5.11 Å². The van der Waals surface area contributed by atoms with Crippen molar-refractivity contribution in [3.05, 3.63) is 42.1 Å². The quantitative estimate of drug-likeness (QED) is 0.778. The molecule has 5 heteroatoms. The molecule has 0 amide bonds. The molecule has 1 aromatic carbocycles. The number of aliphatic hydroxyl groups excluding tert-OH is 1. The third-order valence-electron chi connectivity index (χ3n) is 6.71. The van der Waals surface area contributed by atoms with Gasteiger partial charge in [-0.25, -0.2) is 0 Å². The molecule has 2 aliphatic rings. The minimum atomic E-state index is 0.280. The van der Waals surface area contributed by atoms with Gasteiger partial charge in [-0.1, -0.05) is 49.6 Å². The van der Waals surface area contributed by atoms with Crippen molar-refractivity contribution in [2.24, 2.45) is 13.0 Å². The van der Waals surface area contributed by atoms with Crippen LogP contribution in [0.25, 0.3) is 11.3 Å². The normalized spacial score (nSPS) is 22.2. The van der Waals surface area contributed by atoms with Crippen LogP contribution < -0.4 is 0 Å². The van der Waals surface area contributed by atoms with Gasteiger partial charge in [0.2, 0.25) is 0 Å². The van der Waals surface area contributed by atoms with Crippen molar-refractivity contribution < 1.29 is 5.11 Å². The highest BCUT2D eigenvalue weighted by atomic mass is 16.3. The Bertz CT molecular complexity index is 753. The maximum atomic E-state index is 9.66. The summed E-state index contributed by atoms with van der Waals surface area (Å²) in [6.45, 7) is 5.68. The Morgan fingerprint density at radius 1 is 1.07 bits per heavy atom. The molecule has 4 rings (SSSR count). The monoisotopic (exact) mass is 396 g/mol. The SMILES string of the molecule is Cn1cc(CN2CCN(CC3CCCCC3)[C@H](CCO)C2)c(-c2ccccc2)n1. The van der Waals surface area contributed by atoms with Crippen LogP contribution >= 0.6 is 0 Å². The summed E-state index contributed by atoms with van der Waals surface area (Å²) in [4.78, 5) is 5.23. The average Bonchev–Trinajstić information content (AvgIpc) is 3.11. The number of benzene rings is 1. The van der Waals surface area contributed by atoms with Crippen LogP contribution in [-0.4, -0.2) is 63.5 Å². The predicted octanol–water partition coefficient (Wildman–Crippen LogP) is 3.54. The third kappa shape index (κ3) is 5.27. The van der Waals surface area contributed by atoms with Gasteiger partial charge in [0.05, 0.1) is 5.69 Å². The summed E-state index contributed by atoms with van der Waals surface area (Å²) in [6, 6.07) is 11.0. The summed E-state index contributed by atoms with van der Waals surface area (Å²) in [6.07, 6.45) is 10.0. The molecule has 2 fully saturated rings. The summed E-state index contributed by atoms with van der Waals surface area (Å²) in [5.74, 6) is 0.861. The number of hydrogen-bond acceptors (Lipinski definition) is 4. The molecule has 1 saturated carbocycles. The molecule has 2 aromatic rings. The lowest BCUT2D eigenvalue weighted by atomic mass is 9.88. The molecule has 0 radical (unpaired) electrons. The standard InChI is InChI=1S/C24H36N4O/c1-26-17-22(24(25-26)21-10-6-3-7-11-21)18-27-13-14-28(23(19-27)12-15-29)16-20-8-4-2-5-9-20/h3,6-7,10-11,17,20,23,29H,2,4-5,8-9,12-16,18-19H2,1H3/t23-/m1/s1. The lowest BCUT2D eigenvalue weighted by Gasteiger charge is -2.43. The Labute approximate surface area is 175 Å². The van der Waals surface area contributed by atoms with Crippen molar-refractivity contribution in [3.8, 4) is 11.3 Å². The molecule has 1 atom stereocenters. The number of nitrogens with zero attached hydrogens (tertiary/aromatic N) is 4. The van der Waals surface area contributed by atoms with Gasteiger partial charge in [-0.05, 0) is 25.2 Å². The fourth-order valence-corrected chi connectivity index (χ4v) is 5.20. The van der Waals surface area contributed by atoms with Crippen LogP contribution in [0.4, 0.5) is 0 Å². The Morgan fingerprint density at radius 2 is 1.86 bits per heavy atom. The summed E-state index contributed by atoms with van der Waals surface area (Å²) >= 11 is 0. The first-order valence-corrected chi connectivity index (χ1v) is 11.4. The number of piperazine rings is 1. The van der Waals surface area contributed by atoms with E-state index in [0.29, 0.717) is 6.04 Å². The van der Waals surface area contributed by atoms with E-state index < -0.39 is 0 Å². The van der Waals surface area contributed by atoms with Gasteiger partial charge in [-0.15, -0.1) is 0 Å². The van der Waals surface area contributed by atoms with Crippen LogP contribution in [0, 0.1) is 5.92 Å². The third-order valence-corrected chi connectivity index (χ3v) is 6.71. The van der Waals surface area contributed by atoms with E-state index in [1.165, 1.54) is 49.8 Å². The second-order valence-electron chi connectivity index (χ2n) is 8.94. The van der Waals surface area contributed by atoms with Gasteiger partial charge < -0.3 is 5.11 Å². The number of aromatic nitrogens is 2. The van der Waals surface area contributed by atoms with Gasteiger partial charge in [0.1, 0.15) is 0 Å². The molecule has 158 valence electrons. The molecule has 1 aromatic heterocycles. The second-order valence-corrected chi connectivity index (χ2v) is 8.94. The molecular weight excluding hydrogens is 360 g/mol. The molecule has 1 aliphatic heterocycles. The highest BCUT2D eigenvalue weighted by molar-refractivity contribution is 5.62. The summed E-state index contributed by atoms with van der Waals surface area (Å²) in [5.41, 5.74) is 3.57. The molecule has 1 N–H and O–H groups in total. The molecule has 0 bridgehead atoms. The van der Waals surface area contributed by atoms with Crippen LogP contribution in [0.1, 0.15) is 44.1 Å². The first-order valence-electron chi connectivity index (χ1n) is 11.4. The van der Waals surface area contributed by atoms with E-state index in [-0.39, 0.29) is 6.61 Å². The molecule has 1 saturated heterocycles. The van der Waals surface area contributed by atoms with Gasteiger partial charge >= 0.3 is 0 Å². The lowest BCUT2D eigenvalue weighted by molar-refractivity contribution is 0.0401. The first-order chi connectivity index (χ1) is 14.2. The van der Waals surface area contributed by atoms with E-state index in [2.05, 4.69) is 46.3 Å². The molecule has 0 spiro atoms. The van der Waals surface area contributed by atoms with Crippen molar-refractivity contribution in [2.45, 2.75) is 51.1 Å². The average molecular weight is 397 g/mol. The summed E-state index contributed by atoms with van der Waals surface area (Å²) in [5, 5.41) is 14.4. The zero-order valence-corrected chi connectivity index (χ0v) is 17.8. The Kier molecular flexibility index (Phi) is 7.01. The number of aliphatic hydroxyl groups is 1. The van der Waals surface area contributed by atoms with E-state index in [1.807, 2.05) is 11.7 Å². The Hall–Kier alpha value is -1.69. The maximum Gasteiger partial charge on any atom is 0.0968 e. The van der Waals surface area contributed by atoms with E-state index >= 15 is 0 Å². The molecular formula is C24H36N4O. The minimum Gasteiger partial charge on any atom is -0.396 e. The largest absolute Gasteiger partial charge is 0.396 e. The van der Waals surface area contributed by atoms with Crippen molar-refractivity contribution in [2.75, 3.05) is 32.8 Å². The van der Waals surface area contributed by atoms with Crippen LogP contribution in [0.3, 0.4) is 0 Å². The van der Waals surface area contributed by atoms with Crippen LogP contribution in [0.15, 0.2) is 36.5 Å². The molecule has 2 heterocycles. The smallest absolute Gasteiger partial charge is 0.0968 e. The van der Waals surface area contributed by atoms with Gasteiger partial charge in [0, 0.05) is 69.7 Å². The molecule has 0 unspecified atom stereocenters. The van der Waals surface area contributed by atoms with Gasteiger partial charge in [-0.3, -0.25) is 14.5 Å². The van der Waals surface area contributed by atoms with Crippen LogP contribution in [0.5, 0.6) is 0 Å². The highest BCUT2D eigenvalue weighted by Crippen LogP contribution is 2.28. The zero-order chi connectivity index (χ0) is 20.1.